The van der Waals surface area contributed by atoms with Crippen LogP contribution in [0.3, 0.4) is 0 Å². The molecule has 0 saturated carbocycles. The van der Waals surface area contributed by atoms with Gasteiger partial charge in [-0.1, -0.05) is 29.8 Å². The fraction of sp³-hybridized carbons (Fsp3) is 0.250. The second-order valence-corrected chi connectivity index (χ2v) is 5.43. The first-order valence-electron chi connectivity index (χ1n) is 5.98. The van der Waals surface area contributed by atoms with Gasteiger partial charge in [-0.05, 0) is 65.0 Å². The summed E-state index contributed by atoms with van der Waals surface area (Å²) in [6, 6.07) is 12.9. The Bertz CT molecular complexity index is 544. The summed E-state index contributed by atoms with van der Waals surface area (Å²) in [5.74, 6) is 0.889. The van der Waals surface area contributed by atoms with E-state index in [1.54, 1.807) is 7.11 Å². The normalized spacial score (nSPS) is 10.4. The first-order valence-corrected chi connectivity index (χ1v) is 6.78. The molecule has 1 nitrogen and oxygen atoms in total. The van der Waals surface area contributed by atoms with E-state index < -0.39 is 0 Å². The highest BCUT2D eigenvalue weighted by molar-refractivity contribution is 9.10. The Hall–Kier alpha value is -1.28. The molecule has 2 aromatic rings. The Kier molecular flexibility index (Phi) is 4.07. The number of benzene rings is 2. The zero-order valence-electron chi connectivity index (χ0n) is 11.0. The van der Waals surface area contributed by atoms with Crippen molar-refractivity contribution in [3.8, 4) is 5.75 Å². The van der Waals surface area contributed by atoms with Crippen LogP contribution in [0.4, 0.5) is 0 Å². The van der Waals surface area contributed by atoms with Gasteiger partial charge in [-0.15, -0.1) is 0 Å². The summed E-state index contributed by atoms with van der Waals surface area (Å²) in [6.45, 7) is 4.23. The lowest BCUT2D eigenvalue weighted by molar-refractivity contribution is 0.411. The Morgan fingerprint density at radius 1 is 1.06 bits per heavy atom. The third-order valence-electron chi connectivity index (χ3n) is 3.13. The minimum atomic E-state index is 0.889. The van der Waals surface area contributed by atoms with Gasteiger partial charge in [0.1, 0.15) is 5.75 Å². The van der Waals surface area contributed by atoms with Crippen molar-refractivity contribution >= 4 is 15.9 Å². The van der Waals surface area contributed by atoms with Crippen LogP contribution in [0.5, 0.6) is 5.75 Å². The van der Waals surface area contributed by atoms with Gasteiger partial charge in [-0.2, -0.15) is 0 Å². The molecule has 0 radical (unpaired) electrons. The van der Waals surface area contributed by atoms with Crippen LogP contribution in [0, 0.1) is 13.8 Å². The van der Waals surface area contributed by atoms with Crippen molar-refractivity contribution in [2.24, 2.45) is 0 Å². The van der Waals surface area contributed by atoms with Gasteiger partial charge in [0.15, 0.2) is 0 Å². The summed E-state index contributed by atoms with van der Waals surface area (Å²) in [4.78, 5) is 0. The molecule has 0 saturated heterocycles. The first kappa shape index (κ1) is 13.2. The first-order chi connectivity index (χ1) is 8.60. The second kappa shape index (κ2) is 5.57. The van der Waals surface area contributed by atoms with Crippen molar-refractivity contribution in [3.63, 3.8) is 0 Å². The highest BCUT2D eigenvalue weighted by atomic mass is 79.9. The molecule has 94 valence electrons. The van der Waals surface area contributed by atoms with Crippen molar-refractivity contribution < 1.29 is 4.74 Å². The zero-order valence-corrected chi connectivity index (χ0v) is 12.5. The van der Waals surface area contributed by atoms with Gasteiger partial charge in [0.25, 0.3) is 0 Å². The van der Waals surface area contributed by atoms with Crippen molar-refractivity contribution in [2.75, 3.05) is 7.11 Å². The summed E-state index contributed by atoms with van der Waals surface area (Å²) >= 11 is 3.54. The van der Waals surface area contributed by atoms with Gasteiger partial charge in [-0.3, -0.25) is 0 Å². The maximum absolute atomic E-state index is 5.30. The molecule has 2 heteroatoms. The van der Waals surface area contributed by atoms with Crippen molar-refractivity contribution in [2.45, 2.75) is 20.3 Å². The summed E-state index contributed by atoms with van der Waals surface area (Å²) in [6.07, 6.45) is 0.953. The highest BCUT2D eigenvalue weighted by Gasteiger charge is 2.06. The van der Waals surface area contributed by atoms with E-state index >= 15 is 0 Å². The van der Waals surface area contributed by atoms with Crippen LogP contribution in [-0.4, -0.2) is 7.11 Å². The molecule has 18 heavy (non-hydrogen) atoms. The fourth-order valence-corrected chi connectivity index (χ4v) is 2.52. The number of halogens is 1. The third kappa shape index (κ3) is 2.94. The van der Waals surface area contributed by atoms with Crippen molar-refractivity contribution in [1.82, 2.24) is 0 Å². The molecule has 0 unspecified atom stereocenters. The van der Waals surface area contributed by atoms with E-state index in [1.165, 1.54) is 22.3 Å². The molecular formula is C16H17BrO. The maximum atomic E-state index is 5.30. The van der Waals surface area contributed by atoms with E-state index in [4.69, 9.17) is 4.74 Å². The Morgan fingerprint density at radius 2 is 1.72 bits per heavy atom. The maximum Gasteiger partial charge on any atom is 0.133 e. The topological polar surface area (TPSA) is 9.23 Å². The molecule has 0 aliphatic carbocycles. The summed E-state index contributed by atoms with van der Waals surface area (Å²) in [7, 11) is 1.69. The van der Waals surface area contributed by atoms with E-state index in [0.29, 0.717) is 0 Å². The molecule has 0 aliphatic rings. The largest absolute Gasteiger partial charge is 0.496 e. The zero-order chi connectivity index (χ0) is 13.1. The number of hydrogen-bond acceptors (Lipinski definition) is 1. The molecule has 0 amide bonds. The Labute approximate surface area is 117 Å². The van der Waals surface area contributed by atoms with Gasteiger partial charge >= 0.3 is 0 Å². The summed E-state index contributed by atoms with van der Waals surface area (Å²) in [5, 5.41) is 0. The Morgan fingerprint density at radius 3 is 2.33 bits per heavy atom. The van der Waals surface area contributed by atoms with Crippen LogP contribution in [0.15, 0.2) is 40.9 Å². The average molecular weight is 305 g/mol. The number of aryl methyl sites for hydroxylation is 2. The van der Waals surface area contributed by atoms with E-state index in [9.17, 15) is 0 Å². The average Bonchev–Trinajstić information content (AvgIpc) is 2.36. The quantitative estimate of drug-likeness (QED) is 0.801. The number of ether oxygens (including phenoxy) is 1. The minimum absolute atomic E-state index is 0.889. The van der Waals surface area contributed by atoms with E-state index in [-0.39, 0.29) is 0 Å². The molecular weight excluding hydrogens is 288 g/mol. The number of methoxy groups -OCH3 is 1. The Balaban J connectivity index is 2.29. The molecule has 0 N–H and O–H groups in total. The molecule has 0 spiro atoms. The molecule has 0 heterocycles. The molecule has 0 atom stereocenters. The van der Waals surface area contributed by atoms with E-state index in [2.05, 4.69) is 66.2 Å². The molecule has 2 aromatic carbocycles. The van der Waals surface area contributed by atoms with Crippen molar-refractivity contribution in [1.29, 1.82) is 0 Å². The van der Waals surface area contributed by atoms with Crippen LogP contribution < -0.4 is 4.74 Å². The van der Waals surface area contributed by atoms with Crippen LogP contribution in [0.25, 0.3) is 0 Å². The lowest BCUT2D eigenvalue weighted by Crippen LogP contribution is -1.94. The highest BCUT2D eigenvalue weighted by Crippen LogP contribution is 2.29. The fourth-order valence-electron chi connectivity index (χ4n) is 1.97. The van der Waals surface area contributed by atoms with Gasteiger partial charge in [0.2, 0.25) is 0 Å². The van der Waals surface area contributed by atoms with Crippen LogP contribution in [0.1, 0.15) is 22.3 Å². The van der Waals surface area contributed by atoms with Gasteiger partial charge in [-0.25, -0.2) is 0 Å². The van der Waals surface area contributed by atoms with E-state index in [1.807, 2.05) is 0 Å². The van der Waals surface area contributed by atoms with E-state index in [0.717, 1.165) is 16.6 Å². The standard InChI is InChI=1S/C16H17BrO/c1-11-4-6-13(7-5-11)9-14-10-15(17)16(18-3)8-12(14)2/h4-8,10H,9H2,1-3H3. The smallest absolute Gasteiger partial charge is 0.133 e. The molecule has 0 fully saturated rings. The predicted octanol–water partition coefficient (Wildman–Crippen LogP) is 4.67. The van der Waals surface area contributed by atoms with Gasteiger partial charge < -0.3 is 4.74 Å². The van der Waals surface area contributed by atoms with Gasteiger partial charge in [0, 0.05) is 0 Å². The molecule has 0 bridgehead atoms. The monoisotopic (exact) mass is 304 g/mol. The predicted molar refractivity (Wildman–Crippen MR) is 79.4 cm³/mol. The van der Waals surface area contributed by atoms with Gasteiger partial charge in [0.05, 0.1) is 11.6 Å². The lowest BCUT2D eigenvalue weighted by atomic mass is 10.00. The minimum Gasteiger partial charge on any atom is -0.496 e. The number of rotatable bonds is 3. The van der Waals surface area contributed by atoms with Crippen LogP contribution in [-0.2, 0) is 6.42 Å². The lowest BCUT2D eigenvalue weighted by Gasteiger charge is -2.10. The van der Waals surface area contributed by atoms with Crippen LogP contribution in [0.2, 0.25) is 0 Å². The number of hydrogen-bond donors (Lipinski definition) is 0. The van der Waals surface area contributed by atoms with Crippen LogP contribution >= 0.6 is 15.9 Å². The van der Waals surface area contributed by atoms with Crippen molar-refractivity contribution in [3.05, 3.63) is 63.1 Å². The summed E-state index contributed by atoms with van der Waals surface area (Å²) < 4.78 is 6.31. The molecule has 2 rings (SSSR count). The summed E-state index contributed by atoms with van der Waals surface area (Å²) in [5.41, 5.74) is 5.22. The molecule has 0 aliphatic heterocycles. The third-order valence-corrected chi connectivity index (χ3v) is 3.75. The SMILES string of the molecule is COc1cc(C)c(Cc2ccc(C)cc2)cc1Br. The second-order valence-electron chi connectivity index (χ2n) is 4.58. The molecule has 0 aromatic heterocycles.